The van der Waals surface area contributed by atoms with E-state index in [0.717, 1.165) is 25.3 Å². The van der Waals surface area contributed by atoms with Gasteiger partial charge < -0.3 is 14.5 Å². The molecule has 5 rings (SSSR count). The minimum absolute atomic E-state index is 0.00120. The molecule has 1 aromatic heterocycles. The maximum Gasteiger partial charge on any atom is 0.258 e. The largest absolute Gasteiger partial charge is 0.484 e. The number of hydrogen-bond acceptors (Lipinski definition) is 5. The number of oxazole rings is 1. The SMILES string of the molecule is Cc1nc(C(=O)CC23CC(NC(=O)COc4ccc(Cl)c(F)c4)(C2)C3)co1. The van der Waals surface area contributed by atoms with Crippen molar-refractivity contribution in [2.24, 2.45) is 5.41 Å². The van der Waals surface area contributed by atoms with Gasteiger partial charge in [-0.05, 0) is 36.8 Å². The number of halogens is 2. The summed E-state index contributed by atoms with van der Waals surface area (Å²) in [6.45, 7) is 1.50. The molecule has 2 bridgehead atoms. The average Bonchev–Trinajstić information content (AvgIpc) is 2.99. The molecule has 0 spiro atoms. The molecule has 0 atom stereocenters. The van der Waals surface area contributed by atoms with Crippen molar-refractivity contribution in [1.82, 2.24) is 10.3 Å². The molecule has 0 saturated heterocycles. The second-order valence-electron chi connectivity index (χ2n) is 7.58. The number of ketones is 1. The van der Waals surface area contributed by atoms with Gasteiger partial charge in [0, 0.05) is 24.9 Å². The maximum atomic E-state index is 13.4. The standard InChI is InChI=1S/C19H18ClFN2O4/c1-11-22-15(6-26-11)16(24)5-18-8-19(9-18,10-18)23-17(25)7-27-12-2-3-13(20)14(21)4-12/h2-4,6H,5,7-10H2,1H3,(H,23,25). The molecular formula is C19H18ClFN2O4. The summed E-state index contributed by atoms with van der Waals surface area (Å²) in [6, 6.07) is 4.02. The first-order chi connectivity index (χ1) is 12.8. The Labute approximate surface area is 160 Å². The van der Waals surface area contributed by atoms with Crippen LogP contribution in [-0.4, -0.2) is 28.8 Å². The number of rotatable bonds is 7. The Morgan fingerprint density at radius 2 is 2.11 bits per heavy atom. The molecular weight excluding hydrogens is 375 g/mol. The third-order valence-electron chi connectivity index (χ3n) is 5.25. The Bertz CT molecular complexity index is 906. The first kappa shape index (κ1) is 18.0. The fraction of sp³-hybridized carbons (Fsp3) is 0.421. The predicted octanol–water partition coefficient (Wildman–Crippen LogP) is 3.47. The first-order valence-corrected chi connectivity index (χ1v) is 9.00. The van der Waals surface area contributed by atoms with Gasteiger partial charge in [0.25, 0.3) is 5.91 Å². The van der Waals surface area contributed by atoms with Crippen LogP contribution in [0.5, 0.6) is 5.75 Å². The molecule has 1 amide bonds. The van der Waals surface area contributed by atoms with E-state index in [1.807, 2.05) is 0 Å². The van der Waals surface area contributed by atoms with E-state index in [4.69, 9.17) is 20.8 Å². The molecule has 6 nitrogen and oxygen atoms in total. The summed E-state index contributed by atoms with van der Waals surface area (Å²) < 4.78 is 23.7. The monoisotopic (exact) mass is 392 g/mol. The Morgan fingerprint density at radius 1 is 1.37 bits per heavy atom. The number of carbonyl (C=O) groups is 2. The van der Waals surface area contributed by atoms with E-state index in [2.05, 4.69) is 10.3 Å². The molecule has 1 aromatic carbocycles. The summed E-state index contributed by atoms with van der Waals surface area (Å²) in [5.74, 6) is -0.172. The van der Waals surface area contributed by atoms with Crippen molar-refractivity contribution < 1.29 is 23.1 Å². The molecule has 0 aliphatic heterocycles. The van der Waals surface area contributed by atoms with E-state index in [1.54, 1.807) is 6.92 Å². The van der Waals surface area contributed by atoms with Crippen molar-refractivity contribution in [1.29, 1.82) is 0 Å². The summed E-state index contributed by atoms with van der Waals surface area (Å²) in [7, 11) is 0. The van der Waals surface area contributed by atoms with Crippen molar-refractivity contribution in [3.05, 3.63) is 46.9 Å². The van der Waals surface area contributed by atoms with Gasteiger partial charge in [-0.1, -0.05) is 11.6 Å². The van der Waals surface area contributed by atoms with E-state index in [0.29, 0.717) is 18.0 Å². The molecule has 1 N–H and O–H groups in total. The summed E-state index contributed by atoms with van der Waals surface area (Å²) in [5, 5.41) is 2.97. The highest BCUT2D eigenvalue weighted by atomic mass is 35.5. The summed E-state index contributed by atoms with van der Waals surface area (Å²) in [4.78, 5) is 28.4. The molecule has 0 unspecified atom stereocenters. The van der Waals surface area contributed by atoms with Crippen molar-refractivity contribution in [2.45, 2.75) is 38.1 Å². The fourth-order valence-corrected chi connectivity index (χ4v) is 4.41. The lowest BCUT2D eigenvalue weighted by molar-refractivity contribution is -0.164. The van der Waals surface area contributed by atoms with Gasteiger partial charge in [0.05, 0.1) is 5.02 Å². The number of hydrogen-bond donors (Lipinski definition) is 1. The second kappa shape index (κ2) is 6.34. The van der Waals surface area contributed by atoms with Crippen LogP contribution in [0.25, 0.3) is 0 Å². The van der Waals surface area contributed by atoms with Crippen molar-refractivity contribution >= 4 is 23.3 Å². The molecule has 0 radical (unpaired) electrons. The van der Waals surface area contributed by atoms with Crippen molar-refractivity contribution in [3.8, 4) is 5.75 Å². The molecule has 142 valence electrons. The van der Waals surface area contributed by atoms with Crippen LogP contribution in [0.1, 0.15) is 42.1 Å². The number of Topliss-reactive ketones (excluding diaryl/α,β-unsaturated/α-hetero) is 1. The molecule has 2 aromatic rings. The van der Waals surface area contributed by atoms with Crippen LogP contribution in [-0.2, 0) is 4.79 Å². The normalized spacial score (nSPS) is 25.3. The van der Waals surface area contributed by atoms with Crippen LogP contribution in [0, 0.1) is 18.2 Å². The zero-order valence-electron chi connectivity index (χ0n) is 14.7. The predicted molar refractivity (Wildman–Crippen MR) is 94.3 cm³/mol. The van der Waals surface area contributed by atoms with Crippen LogP contribution < -0.4 is 10.1 Å². The second-order valence-corrected chi connectivity index (χ2v) is 7.98. The molecule has 3 fully saturated rings. The van der Waals surface area contributed by atoms with Crippen molar-refractivity contribution in [2.75, 3.05) is 6.61 Å². The molecule has 3 saturated carbocycles. The Hall–Kier alpha value is -2.41. The lowest BCUT2D eigenvalue weighted by atomic mass is 9.38. The van der Waals surface area contributed by atoms with Crippen LogP contribution in [0.3, 0.4) is 0 Å². The quantitative estimate of drug-likeness (QED) is 0.730. The van der Waals surface area contributed by atoms with E-state index in [9.17, 15) is 14.0 Å². The number of nitrogens with one attached hydrogen (secondary N) is 1. The van der Waals surface area contributed by atoms with Crippen LogP contribution in [0.4, 0.5) is 4.39 Å². The van der Waals surface area contributed by atoms with Crippen molar-refractivity contribution in [3.63, 3.8) is 0 Å². The van der Waals surface area contributed by atoms with E-state index in [-0.39, 0.29) is 40.0 Å². The Balaban J connectivity index is 1.23. The van der Waals surface area contributed by atoms with Crippen LogP contribution >= 0.6 is 11.6 Å². The van der Waals surface area contributed by atoms with E-state index >= 15 is 0 Å². The number of amides is 1. The lowest BCUT2D eigenvalue weighted by Gasteiger charge is -2.70. The fourth-order valence-electron chi connectivity index (χ4n) is 4.29. The zero-order valence-corrected chi connectivity index (χ0v) is 15.4. The lowest BCUT2D eigenvalue weighted by Crippen LogP contribution is -2.75. The number of ether oxygens (including phenoxy) is 1. The molecule has 1 heterocycles. The van der Waals surface area contributed by atoms with Gasteiger partial charge in [-0.25, -0.2) is 9.37 Å². The van der Waals surface area contributed by atoms with Gasteiger partial charge in [0.2, 0.25) is 0 Å². The van der Waals surface area contributed by atoms with Gasteiger partial charge in [-0.15, -0.1) is 0 Å². The Kier molecular flexibility index (Phi) is 4.22. The number of carbonyl (C=O) groups excluding carboxylic acids is 2. The molecule has 8 heteroatoms. The zero-order chi connectivity index (χ0) is 19.2. The first-order valence-electron chi connectivity index (χ1n) is 8.62. The maximum absolute atomic E-state index is 13.4. The average molecular weight is 393 g/mol. The highest BCUT2D eigenvalue weighted by Crippen LogP contribution is 2.69. The van der Waals surface area contributed by atoms with E-state index < -0.39 is 5.82 Å². The topological polar surface area (TPSA) is 81.4 Å². The number of nitrogens with zero attached hydrogens (tertiary/aromatic N) is 1. The number of benzene rings is 1. The van der Waals surface area contributed by atoms with Crippen LogP contribution in [0.2, 0.25) is 5.02 Å². The van der Waals surface area contributed by atoms with Crippen LogP contribution in [0.15, 0.2) is 28.9 Å². The molecule has 27 heavy (non-hydrogen) atoms. The number of aromatic nitrogens is 1. The highest BCUT2D eigenvalue weighted by Gasteiger charge is 2.68. The molecule has 3 aliphatic rings. The smallest absolute Gasteiger partial charge is 0.258 e. The van der Waals surface area contributed by atoms with Gasteiger partial charge in [0.15, 0.2) is 18.3 Å². The minimum Gasteiger partial charge on any atom is -0.484 e. The summed E-state index contributed by atoms with van der Waals surface area (Å²) in [6.07, 6.45) is 4.10. The number of aryl methyl sites for hydroxylation is 1. The van der Waals surface area contributed by atoms with Gasteiger partial charge in [0.1, 0.15) is 23.5 Å². The minimum atomic E-state index is -0.595. The summed E-state index contributed by atoms with van der Waals surface area (Å²) >= 11 is 5.61. The Morgan fingerprint density at radius 3 is 2.74 bits per heavy atom. The third-order valence-corrected chi connectivity index (χ3v) is 5.55. The van der Waals surface area contributed by atoms with Gasteiger partial charge in [-0.3, -0.25) is 9.59 Å². The van der Waals surface area contributed by atoms with Gasteiger partial charge in [-0.2, -0.15) is 0 Å². The highest BCUT2D eigenvalue weighted by molar-refractivity contribution is 6.30. The molecule has 3 aliphatic carbocycles. The summed E-state index contributed by atoms with van der Waals surface area (Å²) in [5.41, 5.74) is 0.0715. The van der Waals surface area contributed by atoms with E-state index in [1.165, 1.54) is 18.4 Å². The third kappa shape index (κ3) is 3.43. The van der Waals surface area contributed by atoms with Gasteiger partial charge >= 0.3 is 0 Å².